The molecule has 0 fully saturated rings. The Morgan fingerprint density at radius 3 is 2.73 bits per heavy atom. The molecule has 1 aliphatic heterocycles. The van der Waals surface area contributed by atoms with E-state index in [-0.39, 0.29) is 12.4 Å². The first-order chi connectivity index (χ1) is 7.27. The maximum Gasteiger partial charge on any atom is 0.203 e. The van der Waals surface area contributed by atoms with E-state index in [2.05, 4.69) is 15.9 Å². The molecule has 15 heavy (non-hydrogen) atoms. The molecule has 0 aliphatic carbocycles. The Balaban J connectivity index is 2.48. The van der Waals surface area contributed by atoms with E-state index in [0.29, 0.717) is 5.56 Å². The number of fused-ring (bicyclic) bond motifs is 3. The van der Waals surface area contributed by atoms with Gasteiger partial charge in [0.15, 0.2) is 6.61 Å². The van der Waals surface area contributed by atoms with Gasteiger partial charge in [-0.1, -0.05) is 40.2 Å². The van der Waals surface area contributed by atoms with E-state index in [4.69, 9.17) is 4.74 Å². The van der Waals surface area contributed by atoms with Crippen LogP contribution in [0, 0.1) is 0 Å². The van der Waals surface area contributed by atoms with Gasteiger partial charge in [0, 0.05) is 9.86 Å². The normalized spacial score (nSPS) is 14.1. The van der Waals surface area contributed by atoms with Crippen molar-refractivity contribution in [3.05, 3.63) is 40.4 Å². The van der Waals surface area contributed by atoms with Gasteiger partial charge in [0.05, 0.1) is 5.56 Å². The Kier molecular flexibility index (Phi) is 1.83. The first-order valence-electron chi connectivity index (χ1n) is 4.64. The van der Waals surface area contributed by atoms with Crippen molar-refractivity contribution in [2.75, 3.05) is 6.61 Å². The largest absolute Gasteiger partial charge is 0.484 e. The maximum atomic E-state index is 11.5. The zero-order chi connectivity index (χ0) is 10.4. The highest BCUT2D eigenvalue weighted by atomic mass is 79.9. The number of hydrogen-bond acceptors (Lipinski definition) is 2. The van der Waals surface area contributed by atoms with Crippen LogP contribution >= 0.6 is 15.9 Å². The van der Waals surface area contributed by atoms with E-state index in [1.165, 1.54) is 0 Å². The van der Waals surface area contributed by atoms with E-state index >= 15 is 0 Å². The van der Waals surface area contributed by atoms with Crippen molar-refractivity contribution < 1.29 is 9.53 Å². The molecule has 1 heterocycles. The summed E-state index contributed by atoms with van der Waals surface area (Å²) in [4.78, 5) is 11.5. The Bertz CT molecular complexity index is 575. The van der Waals surface area contributed by atoms with E-state index in [9.17, 15) is 4.79 Å². The van der Waals surface area contributed by atoms with Crippen molar-refractivity contribution in [2.24, 2.45) is 0 Å². The van der Waals surface area contributed by atoms with Gasteiger partial charge in [-0.3, -0.25) is 4.79 Å². The highest BCUT2D eigenvalue weighted by Gasteiger charge is 2.24. The number of hydrogen-bond donors (Lipinski definition) is 0. The summed E-state index contributed by atoms with van der Waals surface area (Å²) in [6.45, 7) is 0.162. The van der Waals surface area contributed by atoms with E-state index in [0.717, 1.165) is 21.0 Å². The van der Waals surface area contributed by atoms with E-state index < -0.39 is 0 Å². The lowest BCUT2D eigenvalue weighted by Crippen LogP contribution is -1.98. The lowest BCUT2D eigenvalue weighted by atomic mass is 10.0. The van der Waals surface area contributed by atoms with E-state index in [1.807, 2.05) is 30.3 Å². The summed E-state index contributed by atoms with van der Waals surface area (Å²) in [7, 11) is 0. The minimum Gasteiger partial charge on any atom is -0.484 e. The third-order valence-corrected chi connectivity index (χ3v) is 3.25. The molecule has 74 valence electrons. The molecular weight excluding hydrogens is 256 g/mol. The molecule has 0 aromatic heterocycles. The van der Waals surface area contributed by atoms with Crippen LogP contribution in [0.1, 0.15) is 10.4 Å². The van der Waals surface area contributed by atoms with Crippen LogP contribution < -0.4 is 4.74 Å². The second-order valence-corrected chi connectivity index (χ2v) is 4.35. The Morgan fingerprint density at radius 2 is 1.93 bits per heavy atom. The van der Waals surface area contributed by atoms with Crippen LogP contribution in [0.4, 0.5) is 0 Å². The third kappa shape index (κ3) is 1.20. The van der Waals surface area contributed by atoms with Gasteiger partial charge in [-0.15, -0.1) is 0 Å². The number of ketones is 1. The van der Waals surface area contributed by atoms with Gasteiger partial charge in [0.25, 0.3) is 0 Å². The monoisotopic (exact) mass is 262 g/mol. The zero-order valence-electron chi connectivity index (χ0n) is 7.79. The summed E-state index contributed by atoms with van der Waals surface area (Å²) in [6, 6.07) is 9.73. The van der Waals surface area contributed by atoms with Gasteiger partial charge in [-0.25, -0.2) is 0 Å². The van der Waals surface area contributed by atoms with Gasteiger partial charge in [0.2, 0.25) is 5.78 Å². The first kappa shape index (κ1) is 8.92. The number of rotatable bonds is 0. The molecule has 3 rings (SSSR count). The minimum atomic E-state index is 0.0523. The zero-order valence-corrected chi connectivity index (χ0v) is 9.37. The number of carbonyl (C=O) groups excluding carboxylic acids is 1. The fourth-order valence-electron chi connectivity index (χ4n) is 1.88. The molecular formula is C12H7BrO2. The van der Waals surface area contributed by atoms with Crippen molar-refractivity contribution in [3.8, 4) is 5.75 Å². The average molecular weight is 263 g/mol. The summed E-state index contributed by atoms with van der Waals surface area (Å²) in [6.07, 6.45) is 0. The van der Waals surface area contributed by atoms with Crippen molar-refractivity contribution in [1.29, 1.82) is 0 Å². The SMILES string of the molecule is O=C1COc2c1cc(Br)c1ccccc21. The van der Waals surface area contributed by atoms with Gasteiger partial charge >= 0.3 is 0 Å². The Hall–Kier alpha value is -1.35. The molecule has 2 aromatic rings. The summed E-state index contributed by atoms with van der Waals surface area (Å²) in [5.41, 5.74) is 0.681. The molecule has 3 heteroatoms. The van der Waals surface area contributed by atoms with Crippen molar-refractivity contribution in [3.63, 3.8) is 0 Å². The Morgan fingerprint density at radius 1 is 1.20 bits per heavy atom. The van der Waals surface area contributed by atoms with Crippen LogP contribution in [0.2, 0.25) is 0 Å². The molecule has 0 spiro atoms. The van der Waals surface area contributed by atoms with Gasteiger partial charge in [-0.2, -0.15) is 0 Å². The number of ether oxygens (including phenoxy) is 1. The lowest BCUT2D eigenvalue weighted by Gasteiger charge is -2.05. The van der Waals surface area contributed by atoms with Gasteiger partial charge in [-0.05, 0) is 11.5 Å². The number of Topliss-reactive ketones (excluding diaryl/α,β-unsaturated/α-hetero) is 1. The van der Waals surface area contributed by atoms with Crippen LogP contribution in [-0.4, -0.2) is 12.4 Å². The summed E-state index contributed by atoms with van der Waals surface area (Å²) in [5, 5.41) is 2.07. The molecule has 2 aromatic carbocycles. The topological polar surface area (TPSA) is 26.3 Å². The molecule has 0 saturated carbocycles. The van der Waals surface area contributed by atoms with Gasteiger partial charge < -0.3 is 4.74 Å². The number of halogens is 1. The van der Waals surface area contributed by atoms with Crippen LogP contribution in [0.25, 0.3) is 10.8 Å². The second kappa shape index (κ2) is 3.07. The minimum absolute atomic E-state index is 0.0523. The van der Waals surface area contributed by atoms with Crippen molar-refractivity contribution >= 4 is 32.5 Å². The predicted molar refractivity (Wildman–Crippen MR) is 61.5 cm³/mol. The predicted octanol–water partition coefficient (Wildman–Crippen LogP) is 3.18. The van der Waals surface area contributed by atoms with Crippen LogP contribution in [0.3, 0.4) is 0 Å². The number of carbonyl (C=O) groups is 1. The molecule has 0 atom stereocenters. The highest BCUT2D eigenvalue weighted by Crippen LogP contribution is 2.38. The molecule has 0 saturated heterocycles. The molecule has 1 aliphatic rings. The van der Waals surface area contributed by atoms with Crippen LogP contribution in [0.5, 0.6) is 5.75 Å². The molecule has 0 bridgehead atoms. The first-order valence-corrected chi connectivity index (χ1v) is 5.44. The summed E-state index contributed by atoms with van der Waals surface area (Å²) in [5.74, 6) is 0.773. The molecule has 0 amide bonds. The number of benzene rings is 2. The summed E-state index contributed by atoms with van der Waals surface area (Å²) >= 11 is 3.47. The maximum absolute atomic E-state index is 11.5. The average Bonchev–Trinajstić information content (AvgIpc) is 2.62. The fraction of sp³-hybridized carbons (Fsp3) is 0.0833. The standard InChI is InChI=1S/C12H7BrO2/c13-10-5-9-11(14)6-15-12(9)8-4-2-1-3-7(8)10/h1-5H,6H2. The lowest BCUT2D eigenvalue weighted by molar-refractivity contribution is 0.0961. The molecule has 2 nitrogen and oxygen atoms in total. The molecule has 0 N–H and O–H groups in total. The quantitative estimate of drug-likeness (QED) is 0.729. The highest BCUT2D eigenvalue weighted by molar-refractivity contribution is 9.10. The van der Waals surface area contributed by atoms with Crippen LogP contribution in [-0.2, 0) is 0 Å². The Labute approximate surface area is 95.0 Å². The fourth-order valence-corrected chi connectivity index (χ4v) is 2.46. The smallest absolute Gasteiger partial charge is 0.203 e. The van der Waals surface area contributed by atoms with E-state index in [1.54, 1.807) is 0 Å². The van der Waals surface area contributed by atoms with Crippen molar-refractivity contribution in [2.45, 2.75) is 0 Å². The van der Waals surface area contributed by atoms with Gasteiger partial charge in [0.1, 0.15) is 5.75 Å². The van der Waals surface area contributed by atoms with Crippen molar-refractivity contribution in [1.82, 2.24) is 0 Å². The third-order valence-electron chi connectivity index (χ3n) is 2.59. The second-order valence-electron chi connectivity index (χ2n) is 3.49. The summed E-state index contributed by atoms with van der Waals surface area (Å²) < 4.78 is 6.35. The van der Waals surface area contributed by atoms with Crippen LogP contribution in [0.15, 0.2) is 34.8 Å². The molecule has 0 radical (unpaired) electrons. The molecule has 0 unspecified atom stereocenters.